The van der Waals surface area contributed by atoms with Gasteiger partial charge in [-0.15, -0.1) is 0 Å². The first-order valence-electron chi connectivity index (χ1n) is 8.88. The molecular formula is C17H32N2S. The van der Waals surface area contributed by atoms with E-state index in [1.165, 1.54) is 76.6 Å². The van der Waals surface area contributed by atoms with Gasteiger partial charge in [0.25, 0.3) is 0 Å². The predicted octanol–water partition coefficient (Wildman–Crippen LogP) is 3.56. The van der Waals surface area contributed by atoms with Crippen molar-refractivity contribution < 1.29 is 0 Å². The van der Waals surface area contributed by atoms with Crippen molar-refractivity contribution in [3.8, 4) is 0 Å². The Morgan fingerprint density at radius 1 is 1.10 bits per heavy atom. The molecule has 4 unspecified atom stereocenters. The van der Waals surface area contributed by atoms with Crippen molar-refractivity contribution in [1.82, 2.24) is 10.6 Å². The summed E-state index contributed by atoms with van der Waals surface area (Å²) in [5, 5.41) is 7.80. The molecule has 0 amide bonds. The molecule has 3 fully saturated rings. The maximum absolute atomic E-state index is 3.99. The smallest absolute Gasteiger partial charge is 0.0256 e. The lowest BCUT2D eigenvalue weighted by atomic mass is 9.77. The van der Waals surface area contributed by atoms with E-state index in [0.717, 1.165) is 18.0 Å². The van der Waals surface area contributed by atoms with Crippen LogP contribution in [0.4, 0.5) is 0 Å². The lowest BCUT2D eigenvalue weighted by Gasteiger charge is -2.41. The summed E-state index contributed by atoms with van der Waals surface area (Å²) < 4.78 is 0.516. The van der Waals surface area contributed by atoms with Crippen LogP contribution in [0.15, 0.2) is 0 Å². The Morgan fingerprint density at radius 3 is 2.70 bits per heavy atom. The molecule has 3 rings (SSSR count). The molecule has 2 N–H and O–H groups in total. The van der Waals surface area contributed by atoms with Crippen LogP contribution >= 0.6 is 11.8 Å². The van der Waals surface area contributed by atoms with E-state index in [1.807, 2.05) is 0 Å². The Bertz CT molecular complexity index is 295. The Kier molecular flexibility index (Phi) is 5.33. The fourth-order valence-corrected chi connectivity index (χ4v) is 5.72. The fraction of sp³-hybridized carbons (Fsp3) is 1.00. The molecule has 0 aromatic heterocycles. The monoisotopic (exact) mass is 296 g/mol. The van der Waals surface area contributed by atoms with Gasteiger partial charge in [0.2, 0.25) is 0 Å². The molecule has 0 spiro atoms. The third kappa shape index (κ3) is 3.72. The highest BCUT2D eigenvalue weighted by Crippen LogP contribution is 2.38. The second kappa shape index (κ2) is 7.02. The molecule has 0 radical (unpaired) electrons. The molecule has 2 nitrogen and oxygen atoms in total. The van der Waals surface area contributed by atoms with Crippen LogP contribution in [0.3, 0.4) is 0 Å². The Morgan fingerprint density at radius 2 is 1.95 bits per heavy atom. The molecule has 2 aliphatic heterocycles. The lowest BCUT2D eigenvalue weighted by Crippen LogP contribution is -2.52. The van der Waals surface area contributed by atoms with Gasteiger partial charge in [0, 0.05) is 23.4 Å². The van der Waals surface area contributed by atoms with Crippen LogP contribution in [0.2, 0.25) is 0 Å². The molecule has 116 valence electrons. The van der Waals surface area contributed by atoms with Gasteiger partial charge in [-0.05, 0) is 63.7 Å². The summed E-state index contributed by atoms with van der Waals surface area (Å²) in [4.78, 5) is 0. The second-order valence-corrected chi connectivity index (χ2v) is 9.08. The zero-order valence-electron chi connectivity index (χ0n) is 13.1. The van der Waals surface area contributed by atoms with Gasteiger partial charge in [-0.25, -0.2) is 0 Å². The summed E-state index contributed by atoms with van der Waals surface area (Å²) in [6, 6.07) is 1.57. The van der Waals surface area contributed by atoms with Crippen molar-refractivity contribution in [2.75, 3.05) is 18.8 Å². The van der Waals surface area contributed by atoms with Gasteiger partial charge >= 0.3 is 0 Å². The van der Waals surface area contributed by atoms with E-state index in [-0.39, 0.29) is 0 Å². The molecule has 2 saturated heterocycles. The van der Waals surface area contributed by atoms with Gasteiger partial charge in [-0.1, -0.05) is 19.3 Å². The van der Waals surface area contributed by atoms with Crippen LogP contribution in [0, 0.1) is 5.92 Å². The molecule has 3 aliphatic rings. The van der Waals surface area contributed by atoms with Crippen LogP contribution in [0.25, 0.3) is 0 Å². The second-order valence-electron chi connectivity index (χ2n) is 7.39. The van der Waals surface area contributed by atoms with E-state index in [4.69, 9.17) is 0 Å². The van der Waals surface area contributed by atoms with Crippen LogP contribution in [0.5, 0.6) is 0 Å². The minimum absolute atomic E-state index is 0.516. The summed E-state index contributed by atoms with van der Waals surface area (Å²) in [7, 11) is 0. The van der Waals surface area contributed by atoms with E-state index in [0.29, 0.717) is 4.75 Å². The van der Waals surface area contributed by atoms with Gasteiger partial charge in [0.1, 0.15) is 0 Å². The highest BCUT2D eigenvalue weighted by atomic mass is 32.2. The highest BCUT2D eigenvalue weighted by Gasteiger charge is 2.35. The van der Waals surface area contributed by atoms with Crippen LogP contribution < -0.4 is 10.6 Å². The minimum Gasteiger partial charge on any atom is -0.314 e. The summed E-state index contributed by atoms with van der Waals surface area (Å²) >= 11 is 2.19. The fourth-order valence-electron chi connectivity index (χ4n) is 4.46. The molecule has 20 heavy (non-hydrogen) atoms. The van der Waals surface area contributed by atoms with E-state index in [2.05, 4.69) is 29.3 Å². The molecule has 2 heterocycles. The predicted molar refractivity (Wildman–Crippen MR) is 89.5 cm³/mol. The van der Waals surface area contributed by atoms with Crippen molar-refractivity contribution >= 4 is 11.8 Å². The zero-order valence-corrected chi connectivity index (χ0v) is 13.9. The molecule has 1 saturated carbocycles. The van der Waals surface area contributed by atoms with Gasteiger partial charge in [0.15, 0.2) is 0 Å². The van der Waals surface area contributed by atoms with Gasteiger partial charge in [-0.2, -0.15) is 11.8 Å². The molecule has 0 aromatic carbocycles. The molecule has 0 aromatic rings. The zero-order chi connectivity index (χ0) is 13.8. The number of hydrogen-bond acceptors (Lipinski definition) is 3. The first-order valence-corrected chi connectivity index (χ1v) is 9.86. The van der Waals surface area contributed by atoms with Crippen molar-refractivity contribution in [2.45, 2.75) is 81.5 Å². The third-order valence-electron chi connectivity index (χ3n) is 5.72. The summed E-state index contributed by atoms with van der Waals surface area (Å²) in [5.41, 5.74) is 0. The molecule has 0 bridgehead atoms. The van der Waals surface area contributed by atoms with Crippen LogP contribution in [0.1, 0.15) is 64.7 Å². The summed E-state index contributed by atoms with van der Waals surface area (Å²) in [6.45, 7) is 4.95. The summed E-state index contributed by atoms with van der Waals surface area (Å²) in [5.74, 6) is 2.26. The van der Waals surface area contributed by atoms with Crippen molar-refractivity contribution in [3.63, 3.8) is 0 Å². The molecule has 1 aliphatic carbocycles. The maximum atomic E-state index is 3.99. The highest BCUT2D eigenvalue weighted by molar-refractivity contribution is 8.00. The Hall–Kier alpha value is 0.270. The van der Waals surface area contributed by atoms with E-state index < -0.39 is 0 Å². The Labute approximate surface area is 129 Å². The first-order chi connectivity index (χ1) is 9.77. The van der Waals surface area contributed by atoms with Crippen molar-refractivity contribution in [3.05, 3.63) is 0 Å². The maximum Gasteiger partial charge on any atom is 0.0256 e. The number of nitrogens with one attached hydrogen (secondary N) is 2. The Balaban J connectivity index is 1.54. The largest absolute Gasteiger partial charge is 0.314 e. The van der Waals surface area contributed by atoms with Gasteiger partial charge < -0.3 is 10.6 Å². The average molecular weight is 297 g/mol. The third-order valence-corrected chi connectivity index (χ3v) is 7.26. The molecule has 3 heteroatoms. The molecule has 4 atom stereocenters. The topological polar surface area (TPSA) is 24.1 Å². The minimum atomic E-state index is 0.516. The SMILES string of the molecule is CC1(CNC2CCCCC2C2CCCCN2)CCCS1. The number of hydrogen-bond donors (Lipinski definition) is 2. The van der Waals surface area contributed by atoms with Gasteiger partial charge in [0.05, 0.1) is 0 Å². The number of thioether (sulfide) groups is 1. The van der Waals surface area contributed by atoms with Crippen molar-refractivity contribution in [1.29, 1.82) is 0 Å². The lowest BCUT2D eigenvalue weighted by molar-refractivity contribution is 0.180. The summed E-state index contributed by atoms with van der Waals surface area (Å²) in [6.07, 6.45) is 12.8. The van der Waals surface area contributed by atoms with Crippen LogP contribution in [-0.2, 0) is 0 Å². The average Bonchev–Trinajstić information content (AvgIpc) is 2.94. The van der Waals surface area contributed by atoms with E-state index in [1.54, 1.807) is 0 Å². The van der Waals surface area contributed by atoms with E-state index >= 15 is 0 Å². The van der Waals surface area contributed by atoms with Crippen molar-refractivity contribution in [2.24, 2.45) is 5.92 Å². The first kappa shape index (κ1) is 15.2. The van der Waals surface area contributed by atoms with Crippen LogP contribution in [-0.4, -0.2) is 35.7 Å². The number of rotatable bonds is 4. The standard InChI is InChI=1S/C17H32N2S/c1-17(10-6-12-20-17)13-19-16-8-3-2-7-14(16)15-9-4-5-11-18-15/h14-16,18-19H,2-13H2,1H3. The molecular weight excluding hydrogens is 264 g/mol. The van der Waals surface area contributed by atoms with Gasteiger partial charge in [-0.3, -0.25) is 0 Å². The quantitative estimate of drug-likeness (QED) is 0.829. The number of piperidine rings is 1. The normalized spacial score (nSPS) is 42.8. The van der Waals surface area contributed by atoms with E-state index in [9.17, 15) is 0 Å².